The van der Waals surface area contributed by atoms with Gasteiger partial charge in [-0.1, -0.05) is 42.5 Å². The molecule has 0 atom stereocenters. The molecule has 6 heteroatoms. The number of halogens is 1. The fourth-order valence-corrected chi connectivity index (χ4v) is 3.49. The van der Waals surface area contributed by atoms with Crippen molar-refractivity contribution in [2.24, 2.45) is 4.99 Å². The quantitative estimate of drug-likeness (QED) is 0.707. The molecule has 0 saturated heterocycles. The largest absolute Gasteiger partial charge is 0.484 e. The van der Waals surface area contributed by atoms with Crippen LogP contribution in [0.1, 0.15) is 13.3 Å². The summed E-state index contributed by atoms with van der Waals surface area (Å²) >= 11 is 1.31. The van der Waals surface area contributed by atoms with E-state index in [-0.39, 0.29) is 12.4 Å². The van der Waals surface area contributed by atoms with E-state index in [1.807, 2.05) is 31.2 Å². The molecular formula is C18H17FN2O2S. The number of amides is 1. The van der Waals surface area contributed by atoms with Gasteiger partial charge in [-0.15, -0.1) is 0 Å². The van der Waals surface area contributed by atoms with E-state index < -0.39 is 5.91 Å². The molecule has 3 aromatic rings. The molecule has 0 aliphatic heterocycles. The molecule has 0 N–H and O–H groups in total. The summed E-state index contributed by atoms with van der Waals surface area (Å²) in [5.41, 5.74) is 0.500. The predicted molar refractivity (Wildman–Crippen MR) is 92.6 cm³/mol. The zero-order chi connectivity index (χ0) is 16.9. The molecule has 2 aromatic carbocycles. The van der Waals surface area contributed by atoms with E-state index in [0.29, 0.717) is 22.6 Å². The third-order valence-corrected chi connectivity index (χ3v) is 4.47. The molecule has 1 aromatic heterocycles. The summed E-state index contributed by atoms with van der Waals surface area (Å²) in [6, 6.07) is 14.0. The number of aryl methyl sites for hydroxylation is 1. The Labute approximate surface area is 142 Å². The predicted octanol–water partition coefficient (Wildman–Crippen LogP) is 3.76. The van der Waals surface area contributed by atoms with E-state index >= 15 is 0 Å². The molecule has 1 amide bonds. The van der Waals surface area contributed by atoms with E-state index in [2.05, 4.69) is 4.99 Å². The van der Waals surface area contributed by atoms with Gasteiger partial charge in [0.1, 0.15) is 11.6 Å². The summed E-state index contributed by atoms with van der Waals surface area (Å²) in [5.74, 6) is -0.0767. The van der Waals surface area contributed by atoms with Gasteiger partial charge in [-0.25, -0.2) is 4.39 Å². The Bertz CT molecular complexity index is 916. The fourth-order valence-electron chi connectivity index (χ4n) is 2.40. The van der Waals surface area contributed by atoms with E-state index in [1.54, 1.807) is 22.8 Å². The SMILES string of the molecule is CCCn1c(=NC(=O)COc2ccccc2)sc2cccc(F)c21. The van der Waals surface area contributed by atoms with Crippen molar-refractivity contribution in [2.45, 2.75) is 19.9 Å². The number of benzene rings is 2. The minimum Gasteiger partial charge on any atom is -0.484 e. The highest BCUT2D eigenvalue weighted by molar-refractivity contribution is 7.16. The molecule has 124 valence electrons. The lowest BCUT2D eigenvalue weighted by Gasteiger charge is -2.04. The summed E-state index contributed by atoms with van der Waals surface area (Å²) in [7, 11) is 0. The molecule has 1 heterocycles. The zero-order valence-corrected chi connectivity index (χ0v) is 14.1. The van der Waals surface area contributed by atoms with Crippen molar-refractivity contribution in [3.63, 3.8) is 0 Å². The van der Waals surface area contributed by atoms with Crippen molar-refractivity contribution in [3.8, 4) is 5.75 Å². The van der Waals surface area contributed by atoms with Gasteiger partial charge in [-0.3, -0.25) is 4.79 Å². The number of carbonyl (C=O) groups excluding carboxylic acids is 1. The van der Waals surface area contributed by atoms with Crippen molar-refractivity contribution in [1.82, 2.24) is 4.57 Å². The highest BCUT2D eigenvalue weighted by atomic mass is 32.1. The van der Waals surface area contributed by atoms with Crippen LogP contribution in [0.2, 0.25) is 0 Å². The van der Waals surface area contributed by atoms with Crippen molar-refractivity contribution in [2.75, 3.05) is 6.61 Å². The summed E-state index contributed by atoms with van der Waals surface area (Å²) in [4.78, 5) is 16.7. The number of para-hydroxylation sites is 2. The van der Waals surface area contributed by atoms with Crippen molar-refractivity contribution in [3.05, 3.63) is 59.1 Å². The molecular weight excluding hydrogens is 327 g/mol. The molecule has 0 spiro atoms. The van der Waals surface area contributed by atoms with Gasteiger partial charge in [0.15, 0.2) is 11.4 Å². The molecule has 24 heavy (non-hydrogen) atoms. The summed E-state index contributed by atoms with van der Waals surface area (Å²) < 4.78 is 22.1. The maximum atomic E-state index is 14.1. The molecule has 0 bridgehead atoms. The second kappa shape index (κ2) is 7.40. The summed E-state index contributed by atoms with van der Waals surface area (Å²) in [6.45, 7) is 2.46. The van der Waals surface area contributed by atoms with Crippen LogP contribution < -0.4 is 9.54 Å². The molecule has 0 saturated carbocycles. The lowest BCUT2D eigenvalue weighted by molar-refractivity contribution is -0.120. The lowest BCUT2D eigenvalue weighted by Crippen LogP contribution is -2.19. The van der Waals surface area contributed by atoms with Gasteiger partial charge in [0.2, 0.25) is 0 Å². The van der Waals surface area contributed by atoms with E-state index in [9.17, 15) is 9.18 Å². The number of carbonyl (C=O) groups is 1. The van der Waals surface area contributed by atoms with Gasteiger partial charge < -0.3 is 9.30 Å². The molecule has 0 unspecified atom stereocenters. The zero-order valence-electron chi connectivity index (χ0n) is 13.2. The minimum absolute atomic E-state index is 0.146. The molecule has 0 aliphatic carbocycles. The maximum Gasteiger partial charge on any atom is 0.286 e. The second-order valence-corrected chi connectivity index (χ2v) is 6.24. The average Bonchev–Trinajstić information content (AvgIpc) is 2.93. The van der Waals surface area contributed by atoms with Crippen molar-refractivity contribution < 1.29 is 13.9 Å². The highest BCUT2D eigenvalue weighted by Crippen LogP contribution is 2.20. The average molecular weight is 344 g/mol. The van der Waals surface area contributed by atoms with Crippen LogP contribution in [0.25, 0.3) is 10.2 Å². The number of ether oxygens (including phenoxy) is 1. The molecule has 0 fully saturated rings. The fraction of sp³-hybridized carbons (Fsp3) is 0.222. The van der Waals surface area contributed by atoms with E-state index in [1.165, 1.54) is 17.4 Å². The van der Waals surface area contributed by atoms with Crippen LogP contribution in [-0.2, 0) is 11.3 Å². The Balaban J connectivity index is 1.90. The number of aromatic nitrogens is 1. The second-order valence-electron chi connectivity index (χ2n) is 5.23. The first-order chi connectivity index (χ1) is 11.7. The third kappa shape index (κ3) is 3.54. The molecule has 3 rings (SSSR count). The van der Waals surface area contributed by atoms with Gasteiger partial charge in [-0.05, 0) is 30.7 Å². The van der Waals surface area contributed by atoms with Crippen LogP contribution in [0.4, 0.5) is 4.39 Å². The standard InChI is InChI=1S/C18H17FN2O2S/c1-2-11-21-17-14(19)9-6-10-15(17)24-18(21)20-16(22)12-23-13-7-4-3-5-8-13/h3-10H,2,11-12H2,1H3. The van der Waals surface area contributed by atoms with Gasteiger partial charge in [0.05, 0.1) is 10.2 Å². The topological polar surface area (TPSA) is 43.6 Å². The van der Waals surface area contributed by atoms with Crippen molar-refractivity contribution in [1.29, 1.82) is 0 Å². The number of nitrogens with zero attached hydrogens (tertiary/aromatic N) is 2. The minimum atomic E-state index is -0.393. The van der Waals surface area contributed by atoms with Gasteiger partial charge in [0.25, 0.3) is 5.91 Å². The Morgan fingerprint density at radius 3 is 2.75 bits per heavy atom. The lowest BCUT2D eigenvalue weighted by atomic mass is 10.3. The molecule has 4 nitrogen and oxygen atoms in total. The number of rotatable bonds is 5. The Morgan fingerprint density at radius 2 is 2.00 bits per heavy atom. The normalized spacial score (nSPS) is 11.8. The van der Waals surface area contributed by atoms with Crippen molar-refractivity contribution >= 4 is 27.5 Å². The van der Waals surface area contributed by atoms with Crippen LogP contribution >= 0.6 is 11.3 Å². The number of fused-ring (bicyclic) bond motifs is 1. The highest BCUT2D eigenvalue weighted by Gasteiger charge is 2.11. The van der Waals surface area contributed by atoms with Crippen LogP contribution in [0, 0.1) is 5.82 Å². The molecule has 0 aliphatic rings. The number of hydrogen-bond donors (Lipinski definition) is 0. The molecule has 0 radical (unpaired) electrons. The Morgan fingerprint density at radius 1 is 1.21 bits per heavy atom. The summed E-state index contributed by atoms with van der Waals surface area (Å²) in [6.07, 6.45) is 0.821. The first-order valence-corrected chi connectivity index (χ1v) is 8.54. The van der Waals surface area contributed by atoms with Gasteiger partial charge in [-0.2, -0.15) is 4.99 Å². The van der Waals surface area contributed by atoms with Crippen LogP contribution in [0.15, 0.2) is 53.5 Å². The van der Waals surface area contributed by atoms with Crippen LogP contribution in [0.5, 0.6) is 5.75 Å². The first-order valence-electron chi connectivity index (χ1n) is 7.72. The number of thiazole rings is 1. The van der Waals surface area contributed by atoms with Crippen LogP contribution in [-0.4, -0.2) is 17.1 Å². The van der Waals surface area contributed by atoms with E-state index in [0.717, 1.165) is 11.1 Å². The maximum absolute atomic E-state index is 14.1. The Hall–Kier alpha value is -2.47. The monoisotopic (exact) mass is 344 g/mol. The first kappa shape index (κ1) is 16.4. The van der Waals surface area contributed by atoms with Crippen LogP contribution in [0.3, 0.4) is 0 Å². The Kier molecular flexibility index (Phi) is 5.05. The third-order valence-electron chi connectivity index (χ3n) is 3.42. The van der Waals surface area contributed by atoms with Gasteiger partial charge in [0, 0.05) is 6.54 Å². The smallest absolute Gasteiger partial charge is 0.286 e. The van der Waals surface area contributed by atoms with E-state index in [4.69, 9.17) is 4.74 Å². The summed E-state index contributed by atoms with van der Waals surface area (Å²) in [5, 5.41) is 0. The van der Waals surface area contributed by atoms with Gasteiger partial charge >= 0.3 is 0 Å². The number of hydrogen-bond acceptors (Lipinski definition) is 3.